The maximum Gasteiger partial charge on any atom is 0.223 e. The molecule has 2 aliphatic rings. The molecule has 5 rings (SSSR count). The molecule has 7 nitrogen and oxygen atoms in total. The van der Waals surface area contributed by atoms with Crippen molar-refractivity contribution >= 4 is 16.8 Å². The average Bonchev–Trinajstić information content (AvgIpc) is 3.45. The number of aromatic nitrogens is 1. The molecule has 1 aliphatic carbocycles. The van der Waals surface area contributed by atoms with Crippen LogP contribution in [-0.2, 0) is 4.79 Å². The van der Waals surface area contributed by atoms with E-state index in [9.17, 15) is 9.90 Å². The summed E-state index contributed by atoms with van der Waals surface area (Å²) in [6.07, 6.45) is 9.11. The zero-order valence-electron chi connectivity index (χ0n) is 21.2. The highest BCUT2D eigenvalue weighted by atomic mass is 16.6. The van der Waals surface area contributed by atoms with Crippen molar-refractivity contribution < 1.29 is 24.1 Å². The highest BCUT2D eigenvalue weighted by molar-refractivity contribution is 5.84. The van der Waals surface area contributed by atoms with Gasteiger partial charge in [-0.05, 0) is 48.2 Å². The number of fused-ring (bicyclic) bond motifs is 2. The monoisotopic (exact) mass is 504 g/mol. The number of rotatable bonds is 11. The van der Waals surface area contributed by atoms with E-state index in [1.807, 2.05) is 48.5 Å². The molecule has 0 spiro atoms. The SMILES string of the molecule is O=C(CCOc1ccnc2ccccc12)NC(CCCC1CCCC1)[C@H](O)c1ccc2c(c1)OCCO2. The molecule has 2 heterocycles. The second-order valence-corrected chi connectivity index (χ2v) is 10.0. The minimum absolute atomic E-state index is 0.138. The summed E-state index contributed by atoms with van der Waals surface area (Å²) >= 11 is 0. The van der Waals surface area contributed by atoms with Crippen LogP contribution in [0.4, 0.5) is 0 Å². The van der Waals surface area contributed by atoms with Crippen LogP contribution in [0.2, 0.25) is 0 Å². The molecule has 0 bridgehead atoms. The predicted octanol–water partition coefficient (Wildman–Crippen LogP) is 5.35. The zero-order chi connectivity index (χ0) is 25.5. The molecule has 3 aromatic rings. The van der Waals surface area contributed by atoms with Gasteiger partial charge in [0.25, 0.3) is 0 Å². The molecule has 2 atom stereocenters. The van der Waals surface area contributed by atoms with Crippen LogP contribution in [0.3, 0.4) is 0 Å². The van der Waals surface area contributed by atoms with Gasteiger partial charge in [-0.15, -0.1) is 0 Å². The van der Waals surface area contributed by atoms with Crippen molar-refractivity contribution in [3.63, 3.8) is 0 Å². The Bertz CT molecular complexity index is 1190. The highest BCUT2D eigenvalue weighted by Crippen LogP contribution is 2.35. The normalized spacial score (nSPS) is 16.9. The van der Waals surface area contributed by atoms with Crippen molar-refractivity contribution in [1.29, 1.82) is 0 Å². The van der Waals surface area contributed by atoms with Gasteiger partial charge in [0, 0.05) is 11.6 Å². The van der Waals surface area contributed by atoms with Crippen LogP contribution in [-0.4, -0.2) is 41.9 Å². The van der Waals surface area contributed by atoms with Crippen LogP contribution in [0.25, 0.3) is 10.9 Å². The average molecular weight is 505 g/mol. The molecule has 7 heteroatoms. The van der Waals surface area contributed by atoms with E-state index in [0.29, 0.717) is 36.9 Å². The number of hydrogen-bond donors (Lipinski definition) is 2. The number of para-hydroxylation sites is 1. The summed E-state index contributed by atoms with van der Waals surface area (Å²) in [6.45, 7) is 1.25. The number of nitrogens with one attached hydrogen (secondary N) is 1. The fourth-order valence-corrected chi connectivity index (χ4v) is 5.44. The number of nitrogens with zero attached hydrogens (tertiary/aromatic N) is 1. The molecule has 1 saturated carbocycles. The minimum atomic E-state index is -0.839. The predicted molar refractivity (Wildman–Crippen MR) is 142 cm³/mol. The van der Waals surface area contributed by atoms with Gasteiger partial charge in [-0.2, -0.15) is 0 Å². The summed E-state index contributed by atoms with van der Waals surface area (Å²) in [6, 6.07) is 14.7. The quantitative estimate of drug-likeness (QED) is 0.366. The van der Waals surface area contributed by atoms with Crippen LogP contribution >= 0.6 is 0 Å². The van der Waals surface area contributed by atoms with Gasteiger partial charge in [-0.25, -0.2) is 0 Å². The number of aliphatic hydroxyl groups excluding tert-OH is 1. The lowest BCUT2D eigenvalue weighted by Crippen LogP contribution is -2.40. The lowest BCUT2D eigenvalue weighted by Gasteiger charge is -2.26. The fraction of sp³-hybridized carbons (Fsp3) is 0.467. The van der Waals surface area contributed by atoms with Crippen molar-refractivity contribution in [3.8, 4) is 17.2 Å². The number of carbonyl (C=O) groups is 1. The third-order valence-corrected chi connectivity index (χ3v) is 7.43. The Morgan fingerprint density at radius 3 is 2.76 bits per heavy atom. The first kappa shape index (κ1) is 25.3. The molecule has 2 aromatic carbocycles. The lowest BCUT2D eigenvalue weighted by atomic mass is 9.93. The van der Waals surface area contributed by atoms with E-state index >= 15 is 0 Å². The Morgan fingerprint density at radius 2 is 1.89 bits per heavy atom. The molecule has 1 fully saturated rings. The molecule has 1 unspecified atom stereocenters. The molecule has 1 amide bonds. The molecule has 0 radical (unpaired) electrons. The number of aliphatic hydroxyl groups is 1. The number of amides is 1. The van der Waals surface area contributed by atoms with E-state index in [4.69, 9.17) is 14.2 Å². The van der Waals surface area contributed by atoms with E-state index in [1.54, 1.807) is 6.20 Å². The smallest absolute Gasteiger partial charge is 0.223 e. The van der Waals surface area contributed by atoms with Crippen LogP contribution in [0.5, 0.6) is 17.2 Å². The Hall–Kier alpha value is -3.32. The number of carbonyl (C=O) groups excluding carboxylic acids is 1. The number of ether oxygens (including phenoxy) is 3. The molecule has 196 valence electrons. The van der Waals surface area contributed by atoms with E-state index in [-0.39, 0.29) is 18.9 Å². The van der Waals surface area contributed by atoms with Crippen molar-refractivity contribution in [2.45, 2.75) is 63.5 Å². The summed E-state index contributed by atoms with van der Waals surface area (Å²) < 4.78 is 17.3. The second kappa shape index (κ2) is 12.3. The Kier molecular flexibility index (Phi) is 8.41. The Morgan fingerprint density at radius 1 is 1.08 bits per heavy atom. The van der Waals surface area contributed by atoms with Gasteiger partial charge in [-0.1, -0.05) is 56.7 Å². The van der Waals surface area contributed by atoms with Crippen molar-refractivity contribution in [1.82, 2.24) is 10.3 Å². The molecule has 2 N–H and O–H groups in total. The van der Waals surface area contributed by atoms with Gasteiger partial charge in [0.1, 0.15) is 19.0 Å². The summed E-state index contributed by atoms with van der Waals surface area (Å²) in [5, 5.41) is 15.3. The summed E-state index contributed by atoms with van der Waals surface area (Å²) in [7, 11) is 0. The third kappa shape index (κ3) is 6.52. The highest BCUT2D eigenvalue weighted by Gasteiger charge is 2.25. The molecule has 1 aliphatic heterocycles. The molecular formula is C30H36N2O5. The first-order valence-electron chi connectivity index (χ1n) is 13.5. The molecular weight excluding hydrogens is 468 g/mol. The van der Waals surface area contributed by atoms with E-state index < -0.39 is 12.1 Å². The van der Waals surface area contributed by atoms with Gasteiger partial charge < -0.3 is 24.6 Å². The number of benzene rings is 2. The van der Waals surface area contributed by atoms with Crippen LogP contribution in [0, 0.1) is 5.92 Å². The van der Waals surface area contributed by atoms with Crippen LogP contribution in [0.1, 0.15) is 63.0 Å². The van der Waals surface area contributed by atoms with Gasteiger partial charge >= 0.3 is 0 Å². The first-order chi connectivity index (χ1) is 18.2. The number of pyridine rings is 1. The van der Waals surface area contributed by atoms with Crippen LogP contribution < -0.4 is 19.5 Å². The van der Waals surface area contributed by atoms with E-state index in [0.717, 1.165) is 35.2 Å². The van der Waals surface area contributed by atoms with E-state index in [2.05, 4.69) is 10.3 Å². The van der Waals surface area contributed by atoms with Crippen LogP contribution in [0.15, 0.2) is 54.7 Å². The minimum Gasteiger partial charge on any atom is -0.492 e. The molecule has 37 heavy (non-hydrogen) atoms. The maximum absolute atomic E-state index is 12.9. The van der Waals surface area contributed by atoms with Crippen molar-refractivity contribution in [2.75, 3.05) is 19.8 Å². The van der Waals surface area contributed by atoms with Crippen molar-refractivity contribution in [3.05, 3.63) is 60.3 Å². The summed E-state index contributed by atoms with van der Waals surface area (Å²) in [5.41, 5.74) is 1.57. The Labute approximate surface area is 218 Å². The van der Waals surface area contributed by atoms with Gasteiger partial charge in [-0.3, -0.25) is 9.78 Å². The molecule has 0 saturated heterocycles. The zero-order valence-corrected chi connectivity index (χ0v) is 21.2. The van der Waals surface area contributed by atoms with Gasteiger partial charge in [0.05, 0.1) is 30.7 Å². The van der Waals surface area contributed by atoms with E-state index in [1.165, 1.54) is 25.7 Å². The topological polar surface area (TPSA) is 89.9 Å². The fourth-order valence-electron chi connectivity index (χ4n) is 5.44. The first-order valence-corrected chi connectivity index (χ1v) is 13.5. The largest absolute Gasteiger partial charge is 0.492 e. The van der Waals surface area contributed by atoms with Crippen molar-refractivity contribution in [2.24, 2.45) is 5.92 Å². The lowest BCUT2D eigenvalue weighted by molar-refractivity contribution is -0.123. The number of hydrogen-bond acceptors (Lipinski definition) is 6. The standard InChI is InChI=1S/C30H36N2O5/c33-29(15-17-35-26-14-16-31-24-10-4-3-9-23(24)26)32-25(11-5-8-21-6-1-2-7-21)30(34)22-12-13-27-28(20-22)37-19-18-36-27/h3-4,9-10,12-14,16,20-21,25,30,34H,1-2,5-8,11,15,17-19H2,(H,32,33)/t25?,30-/m1/s1. The van der Waals surface area contributed by atoms with Gasteiger partial charge in [0.2, 0.25) is 5.91 Å². The summed E-state index contributed by atoms with van der Waals surface area (Å²) in [4.78, 5) is 17.3. The third-order valence-electron chi connectivity index (χ3n) is 7.43. The summed E-state index contributed by atoms with van der Waals surface area (Å²) in [5.74, 6) is 2.66. The molecule has 1 aromatic heterocycles. The van der Waals surface area contributed by atoms with Gasteiger partial charge in [0.15, 0.2) is 11.5 Å². The second-order valence-electron chi connectivity index (χ2n) is 10.0. The maximum atomic E-state index is 12.9. The Balaban J connectivity index is 1.20.